The second-order valence-corrected chi connectivity index (χ2v) is 6.19. The monoisotopic (exact) mass is 310 g/mol. The van der Waals surface area contributed by atoms with Crippen molar-refractivity contribution in [1.29, 1.82) is 0 Å². The van der Waals surface area contributed by atoms with Gasteiger partial charge >= 0.3 is 11.9 Å². The van der Waals surface area contributed by atoms with E-state index in [1.54, 1.807) is 27.7 Å². The summed E-state index contributed by atoms with van der Waals surface area (Å²) in [5.74, 6) is -1.89. The predicted octanol–water partition coefficient (Wildman–Crippen LogP) is 3.18. The molecule has 0 saturated carbocycles. The van der Waals surface area contributed by atoms with Gasteiger partial charge in [0.2, 0.25) is 0 Å². The smallest absolute Gasteiger partial charge is 0.304 e. The van der Waals surface area contributed by atoms with Crippen molar-refractivity contribution in [2.24, 2.45) is 5.41 Å². The number of hydrogen-bond donors (Lipinski definition) is 1. The van der Waals surface area contributed by atoms with Crippen molar-refractivity contribution in [3.05, 3.63) is 41.3 Å². The molecule has 2 unspecified atom stereocenters. The molecule has 0 aliphatic carbocycles. The first-order valence-corrected chi connectivity index (χ1v) is 6.90. The Bertz CT molecular complexity index is 576. The Balaban J connectivity index is 2.60. The van der Waals surface area contributed by atoms with E-state index in [-0.39, 0.29) is 12.4 Å². The summed E-state index contributed by atoms with van der Waals surface area (Å²) >= 11 is 0. The minimum atomic E-state index is -0.819. The molecular weight excluding hydrogens is 290 g/mol. The molecule has 1 N–H and O–H groups in total. The SMILES string of the molecule is [C-]#[N+]C(C(=O)NC(C)COc1cc(F)ccc1F)C(C)(C)C. The van der Waals surface area contributed by atoms with Crippen LogP contribution >= 0.6 is 0 Å². The van der Waals surface area contributed by atoms with Gasteiger partial charge in [0.05, 0.1) is 6.04 Å². The third kappa shape index (κ3) is 4.99. The van der Waals surface area contributed by atoms with E-state index in [2.05, 4.69) is 10.2 Å². The Morgan fingerprint density at radius 2 is 2.05 bits per heavy atom. The van der Waals surface area contributed by atoms with E-state index in [1.165, 1.54) is 0 Å². The minimum Gasteiger partial charge on any atom is -0.488 e. The van der Waals surface area contributed by atoms with E-state index in [0.717, 1.165) is 18.2 Å². The largest absolute Gasteiger partial charge is 0.488 e. The van der Waals surface area contributed by atoms with E-state index in [9.17, 15) is 13.6 Å². The van der Waals surface area contributed by atoms with Gasteiger partial charge in [0.15, 0.2) is 11.6 Å². The number of nitrogens with zero attached hydrogens (tertiary/aromatic N) is 1. The second kappa shape index (κ2) is 7.21. The van der Waals surface area contributed by atoms with Gasteiger partial charge in [0.25, 0.3) is 0 Å². The van der Waals surface area contributed by atoms with Gasteiger partial charge in [0.1, 0.15) is 12.4 Å². The van der Waals surface area contributed by atoms with Crippen molar-refractivity contribution >= 4 is 5.91 Å². The van der Waals surface area contributed by atoms with Gasteiger partial charge in [-0.1, -0.05) is 20.8 Å². The van der Waals surface area contributed by atoms with Crippen LogP contribution in [-0.4, -0.2) is 24.6 Å². The van der Waals surface area contributed by atoms with Crippen LogP contribution in [0.15, 0.2) is 18.2 Å². The zero-order valence-electron chi connectivity index (χ0n) is 13.1. The first kappa shape index (κ1) is 17.9. The van der Waals surface area contributed by atoms with Crippen LogP contribution < -0.4 is 10.1 Å². The van der Waals surface area contributed by atoms with Crippen LogP contribution in [0.5, 0.6) is 5.75 Å². The Hall–Kier alpha value is -2.16. The van der Waals surface area contributed by atoms with Crippen molar-refractivity contribution in [3.63, 3.8) is 0 Å². The average Bonchev–Trinajstić information content (AvgIpc) is 2.38. The van der Waals surface area contributed by atoms with Crippen molar-refractivity contribution in [3.8, 4) is 5.75 Å². The molecule has 4 nitrogen and oxygen atoms in total. The molecular formula is C16H20F2N2O2. The molecule has 22 heavy (non-hydrogen) atoms. The number of nitrogens with one attached hydrogen (secondary N) is 1. The summed E-state index contributed by atoms with van der Waals surface area (Å²) in [6, 6.07) is 1.66. The van der Waals surface area contributed by atoms with Crippen LogP contribution in [0.3, 0.4) is 0 Å². The summed E-state index contributed by atoms with van der Waals surface area (Å²) in [6.45, 7) is 14.2. The van der Waals surface area contributed by atoms with E-state index < -0.39 is 35.0 Å². The molecule has 2 atom stereocenters. The zero-order valence-corrected chi connectivity index (χ0v) is 13.1. The van der Waals surface area contributed by atoms with Crippen molar-refractivity contribution in [2.75, 3.05) is 6.61 Å². The standard InChI is InChI=1S/C16H20F2N2O2/c1-10(20-15(21)14(19-5)16(2,3)4)9-22-13-8-11(17)6-7-12(13)18/h6-8,10,14H,9H2,1-4H3,(H,20,21). The number of amides is 1. The van der Waals surface area contributed by atoms with Gasteiger partial charge in [-0.05, 0) is 19.1 Å². The molecule has 1 aromatic carbocycles. The summed E-state index contributed by atoms with van der Waals surface area (Å²) in [7, 11) is 0. The minimum absolute atomic E-state index is 0.0268. The molecule has 0 fully saturated rings. The fourth-order valence-corrected chi connectivity index (χ4v) is 1.81. The van der Waals surface area contributed by atoms with Gasteiger partial charge in [0, 0.05) is 11.5 Å². The predicted molar refractivity (Wildman–Crippen MR) is 79.3 cm³/mol. The highest BCUT2D eigenvalue weighted by atomic mass is 19.1. The fourth-order valence-electron chi connectivity index (χ4n) is 1.81. The molecule has 0 radical (unpaired) electrons. The molecule has 1 amide bonds. The van der Waals surface area contributed by atoms with Crippen molar-refractivity contribution in [2.45, 2.75) is 39.8 Å². The van der Waals surface area contributed by atoms with E-state index in [4.69, 9.17) is 11.3 Å². The Morgan fingerprint density at radius 1 is 1.41 bits per heavy atom. The maximum atomic E-state index is 13.4. The van der Waals surface area contributed by atoms with Crippen molar-refractivity contribution in [1.82, 2.24) is 5.32 Å². The lowest BCUT2D eigenvalue weighted by Crippen LogP contribution is -2.46. The Labute approximate surface area is 129 Å². The topological polar surface area (TPSA) is 42.7 Å². The van der Waals surface area contributed by atoms with Crippen LogP contribution in [0.2, 0.25) is 0 Å². The molecule has 0 saturated heterocycles. The average molecular weight is 310 g/mol. The first-order valence-electron chi connectivity index (χ1n) is 6.90. The first-order chi connectivity index (χ1) is 10.1. The number of carbonyl (C=O) groups excluding carboxylic acids is 1. The fraction of sp³-hybridized carbons (Fsp3) is 0.500. The number of halogens is 2. The van der Waals surface area contributed by atoms with Crippen LogP contribution in [0.25, 0.3) is 4.85 Å². The Kier molecular flexibility index (Phi) is 5.86. The summed E-state index contributed by atoms with van der Waals surface area (Å²) < 4.78 is 31.6. The molecule has 6 heteroatoms. The molecule has 0 heterocycles. The van der Waals surface area contributed by atoms with E-state index in [0.29, 0.717) is 0 Å². The van der Waals surface area contributed by atoms with Crippen LogP contribution in [-0.2, 0) is 4.79 Å². The summed E-state index contributed by atoms with van der Waals surface area (Å²) in [5, 5.41) is 2.65. The lowest BCUT2D eigenvalue weighted by Gasteiger charge is -2.22. The van der Waals surface area contributed by atoms with E-state index in [1.807, 2.05) is 0 Å². The molecule has 0 aliphatic rings. The van der Waals surface area contributed by atoms with Crippen LogP contribution in [0, 0.1) is 23.6 Å². The highest BCUT2D eigenvalue weighted by molar-refractivity contribution is 5.84. The van der Waals surface area contributed by atoms with Crippen LogP contribution in [0.1, 0.15) is 27.7 Å². The maximum absolute atomic E-state index is 13.4. The third-order valence-electron chi connectivity index (χ3n) is 2.97. The van der Waals surface area contributed by atoms with Gasteiger partial charge in [-0.2, -0.15) is 0 Å². The van der Waals surface area contributed by atoms with Gasteiger partial charge in [-0.25, -0.2) is 15.4 Å². The number of rotatable bonds is 5. The number of benzene rings is 1. The number of hydrogen-bond acceptors (Lipinski definition) is 2. The Morgan fingerprint density at radius 3 is 2.59 bits per heavy atom. The zero-order chi connectivity index (χ0) is 16.9. The normalized spacial score (nSPS) is 13.9. The van der Waals surface area contributed by atoms with Crippen LogP contribution in [0.4, 0.5) is 8.78 Å². The molecule has 1 rings (SSSR count). The van der Waals surface area contributed by atoms with Gasteiger partial charge < -0.3 is 14.9 Å². The quantitative estimate of drug-likeness (QED) is 0.849. The van der Waals surface area contributed by atoms with Gasteiger partial charge in [-0.3, -0.25) is 4.79 Å². The van der Waals surface area contributed by atoms with E-state index >= 15 is 0 Å². The van der Waals surface area contributed by atoms with Gasteiger partial charge in [-0.15, -0.1) is 0 Å². The third-order valence-corrected chi connectivity index (χ3v) is 2.97. The molecule has 1 aromatic rings. The summed E-state index contributed by atoms with van der Waals surface area (Å²) in [6.07, 6.45) is 0. The number of carbonyl (C=O) groups is 1. The molecule has 0 aromatic heterocycles. The lowest BCUT2D eigenvalue weighted by molar-refractivity contribution is -0.124. The van der Waals surface area contributed by atoms with Crippen molar-refractivity contribution < 1.29 is 18.3 Å². The lowest BCUT2D eigenvalue weighted by atomic mass is 9.86. The second-order valence-electron chi connectivity index (χ2n) is 6.19. The highest BCUT2D eigenvalue weighted by Crippen LogP contribution is 2.22. The summed E-state index contributed by atoms with van der Waals surface area (Å²) in [5.41, 5.74) is -0.485. The molecule has 0 spiro atoms. The maximum Gasteiger partial charge on any atom is 0.304 e. The highest BCUT2D eigenvalue weighted by Gasteiger charge is 2.37. The number of ether oxygens (including phenoxy) is 1. The molecule has 0 aliphatic heterocycles. The molecule has 120 valence electrons. The molecule has 0 bridgehead atoms. The summed E-state index contributed by atoms with van der Waals surface area (Å²) in [4.78, 5) is 15.4.